The van der Waals surface area contributed by atoms with Gasteiger partial charge in [0, 0.05) is 6.20 Å². The number of aromatic amines is 1. The molecule has 0 amide bonds. The monoisotopic (exact) mass is 320 g/mol. The van der Waals surface area contributed by atoms with Crippen LogP contribution in [-0.4, -0.2) is 26.9 Å². The van der Waals surface area contributed by atoms with Gasteiger partial charge in [0.1, 0.15) is 5.82 Å². The molecule has 0 saturated carbocycles. The van der Waals surface area contributed by atoms with Crippen LogP contribution in [0.25, 0.3) is 27.9 Å². The first-order valence-corrected chi connectivity index (χ1v) is 7.71. The van der Waals surface area contributed by atoms with E-state index in [4.69, 9.17) is 10.5 Å². The Morgan fingerprint density at radius 3 is 2.83 bits per heavy atom. The Kier molecular flexibility index (Phi) is 3.23. The van der Waals surface area contributed by atoms with Gasteiger partial charge in [-0.3, -0.25) is 0 Å². The lowest BCUT2D eigenvalue weighted by Crippen LogP contribution is -2.10. The van der Waals surface area contributed by atoms with Crippen molar-refractivity contribution in [1.82, 2.24) is 14.4 Å². The lowest BCUT2D eigenvalue weighted by atomic mass is 10.2. The zero-order valence-electron chi connectivity index (χ0n) is 13.1. The first-order chi connectivity index (χ1) is 11.7. The van der Waals surface area contributed by atoms with E-state index in [0.29, 0.717) is 22.8 Å². The number of fused-ring (bicyclic) bond motifs is 2. The van der Waals surface area contributed by atoms with Gasteiger partial charge >= 0.3 is 5.97 Å². The Morgan fingerprint density at radius 2 is 2.04 bits per heavy atom. The van der Waals surface area contributed by atoms with Crippen LogP contribution in [0.2, 0.25) is 0 Å². The van der Waals surface area contributed by atoms with Gasteiger partial charge in [-0.1, -0.05) is 18.2 Å². The van der Waals surface area contributed by atoms with Crippen molar-refractivity contribution in [2.24, 2.45) is 0 Å². The number of nitrogens with two attached hydrogens (primary N) is 1. The average molecular weight is 320 g/mol. The second kappa shape index (κ2) is 5.42. The average Bonchev–Trinajstić information content (AvgIpc) is 3.12. The van der Waals surface area contributed by atoms with E-state index in [1.807, 2.05) is 42.5 Å². The number of anilines is 1. The molecular formula is C18H16N4O2. The molecule has 4 rings (SSSR count). The zero-order valence-corrected chi connectivity index (χ0v) is 13.1. The number of benzene rings is 1. The second-order valence-electron chi connectivity index (χ2n) is 5.42. The van der Waals surface area contributed by atoms with Gasteiger partial charge in [-0.05, 0) is 31.2 Å². The van der Waals surface area contributed by atoms with Gasteiger partial charge in [0.25, 0.3) is 0 Å². The number of hydrogen-bond donors (Lipinski definition) is 2. The standard InChI is InChI=1S/C18H16N4O2/c1-2-24-18(23)16-15(19)14(13-9-5-6-10-22(13)16)17-20-11-7-3-4-8-12(11)21-17/h3-10H,2,19H2,1H3,(H,20,21). The van der Waals surface area contributed by atoms with Crippen LogP contribution in [0.3, 0.4) is 0 Å². The molecule has 24 heavy (non-hydrogen) atoms. The summed E-state index contributed by atoms with van der Waals surface area (Å²) in [4.78, 5) is 20.2. The maximum Gasteiger partial charge on any atom is 0.357 e. The number of nitrogens with one attached hydrogen (secondary N) is 1. The van der Waals surface area contributed by atoms with E-state index >= 15 is 0 Å². The van der Waals surface area contributed by atoms with Crippen LogP contribution in [0.1, 0.15) is 17.4 Å². The van der Waals surface area contributed by atoms with Crippen LogP contribution in [0.4, 0.5) is 5.69 Å². The predicted octanol–water partition coefficient (Wildman–Crippen LogP) is 3.24. The summed E-state index contributed by atoms with van der Waals surface area (Å²) in [5, 5.41) is 0. The highest BCUT2D eigenvalue weighted by Crippen LogP contribution is 2.35. The van der Waals surface area contributed by atoms with Gasteiger partial charge in [0.2, 0.25) is 0 Å². The molecular weight excluding hydrogens is 304 g/mol. The molecule has 6 nitrogen and oxygen atoms in total. The Balaban J connectivity index is 2.01. The molecule has 3 heterocycles. The molecule has 0 atom stereocenters. The van der Waals surface area contributed by atoms with Gasteiger partial charge in [-0.25, -0.2) is 9.78 Å². The van der Waals surface area contributed by atoms with E-state index in [0.717, 1.165) is 16.6 Å². The first-order valence-electron chi connectivity index (χ1n) is 7.71. The molecule has 1 aromatic carbocycles. The van der Waals surface area contributed by atoms with E-state index in [2.05, 4.69) is 9.97 Å². The van der Waals surface area contributed by atoms with Crippen LogP contribution in [-0.2, 0) is 4.74 Å². The van der Waals surface area contributed by atoms with Gasteiger partial charge in [-0.2, -0.15) is 0 Å². The molecule has 0 aliphatic carbocycles. The van der Waals surface area contributed by atoms with Crippen molar-refractivity contribution in [3.8, 4) is 11.4 Å². The SMILES string of the molecule is CCOC(=O)c1c(N)c(-c2nc3ccccc3[nH]2)c2ccccn12. The number of carbonyl (C=O) groups is 1. The van der Waals surface area contributed by atoms with Crippen LogP contribution in [0.15, 0.2) is 48.7 Å². The maximum atomic E-state index is 12.3. The van der Waals surface area contributed by atoms with Crippen molar-refractivity contribution in [3.05, 3.63) is 54.4 Å². The topological polar surface area (TPSA) is 85.4 Å². The normalized spacial score (nSPS) is 11.2. The fraction of sp³-hybridized carbons (Fsp3) is 0.111. The predicted molar refractivity (Wildman–Crippen MR) is 92.9 cm³/mol. The fourth-order valence-electron chi connectivity index (χ4n) is 2.96. The quantitative estimate of drug-likeness (QED) is 0.567. The number of imidazole rings is 1. The highest BCUT2D eigenvalue weighted by molar-refractivity contribution is 6.04. The number of H-pyrrole nitrogens is 1. The summed E-state index contributed by atoms with van der Waals surface area (Å²) in [5.41, 5.74) is 10.3. The molecule has 4 aromatic rings. The van der Waals surface area contributed by atoms with Gasteiger partial charge in [0.05, 0.1) is 34.4 Å². The molecule has 0 spiro atoms. The van der Waals surface area contributed by atoms with E-state index in [-0.39, 0.29) is 6.61 Å². The van der Waals surface area contributed by atoms with Crippen molar-refractivity contribution in [1.29, 1.82) is 0 Å². The minimum atomic E-state index is -0.446. The summed E-state index contributed by atoms with van der Waals surface area (Å²) < 4.78 is 6.90. The van der Waals surface area contributed by atoms with Gasteiger partial charge < -0.3 is 19.9 Å². The summed E-state index contributed by atoms with van der Waals surface area (Å²) >= 11 is 0. The number of pyridine rings is 1. The van der Waals surface area contributed by atoms with Crippen molar-refractivity contribution < 1.29 is 9.53 Å². The molecule has 0 aliphatic heterocycles. The summed E-state index contributed by atoms with van der Waals surface area (Å²) in [6.45, 7) is 2.06. The summed E-state index contributed by atoms with van der Waals surface area (Å²) in [5.74, 6) is 0.187. The smallest absolute Gasteiger partial charge is 0.357 e. The molecule has 0 bridgehead atoms. The van der Waals surface area contributed by atoms with Gasteiger partial charge in [-0.15, -0.1) is 0 Å². The van der Waals surface area contributed by atoms with Crippen molar-refractivity contribution >= 4 is 28.2 Å². The number of para-hydroxylation sites is 2. The molecule has 120 valence electrons. The molecule has 3 N–H and O–H groups in total. The number of rotatable bonds is 3. The lowest BCUT2D eigenvalue weighted by Gasteiger charge is -2.03. The molecule has 0 aliphatic rings. The summed E-state index contributed by atoms with van der Waals surface area (Å²) in [6.07, 6.45) is 1.80. The van der Waals surface area contributed by atoms with Crippen LogP contribution in [0, 0.1) is 0 Å². The van der Waals surface area contributed by atoms with E-state index in [1.165, 1.54) is 0 Å². The fourth-order valence-corrected chi connectivity index (χ4v) is 2.96. The molecule has 6 heteroatoms. The molecule has 0 fully saturated rings. The third-order valence-corrected chi connectivity index (χ3v) is 3.98. The lowest BCUT2D eigenvalue weighted by molar-refractivity contribution is 0.0520. The molecule has 0 saturated heterocycles. The first kappa shape index (κ1) is 14.3. The number of nitrogens with zero attached hydrogens (tertiary/aromatic N) is 2. The summed E-state index contributed by atoms with van der Waals surface area (Å²) in [7, 11) is 0. The minimum Gasteiger partial charge on any atom is -0.461 e. The van der Waals surface area contributed by atoms with E-state index in [9.17, 15) is 4.79 Å². The van der Waals surface area contributed by atoms with Crippen molar-refractivity contribution in [2.75, 3.05) is 12.3 Å². The number of ether oxygens (including phenoxy) is 1. The number of esters is 1. The number of nitrogen functional groups attached to an aromatic ring is 1. The maximum absolute atomic E-state index is 12.3. The molecule has 3 aromatic heterocycles. The largest absolute Gasteiger partial charge is 0.461 e. The van der Waals surface area contributed by atoms with Crippen molar-refractivity contribution in [2.45, 2.75) is 6.92 Å². The number of aromatic nitrogens is 3. The van der Waals surface area contributed by atoms with Crippen LogP contribution < -0.4 is 5.73 Å². The van der Waals surface area contributed by atoms with Crippen LogP contribution >= 0.6 is 0 Å². The third kappa shape index (κ3) is 2.04. The third-order valence-electron chi connectivity index (χ3n) is 3.98. The zero-order chi connectivity index (χ0) is 16.7. The van der Waals surface area contributed by atoms with Gasteiger partial charge in [0.15, 0.2) is 5.69 Å². The van der Waals surface area contributed by atoms with E-state index in [1.54, 1.807) is 17.5 Å². The second-order valence-corrected chi connectivity index (χ2v) is 5.42. The molecule has 0 radical (unpaired) electrons. The Hall–Kier alpha value is -3.28. The Bertz CT molecular complexity index is 1030. The highest BCUT2D eigenvalue weighted by Gasteiger charge is 2.24. The van der Waals surface area contributed by atoms with E-state index < -0.39 is 5.97 Å². The Labute approximate surface area is 137 Å². The van der Waals surface area contributed by atoms with Crippen molar-refractivity contribution in [3.63, 3.8) is 0 Å². The number of hydrogen-bond acceptors (Lipinski definition) is 4. The Morgan fingerprint density at radius 1 is 1.25 bits per heavy atom. The number of carbonyl (C=O) groups excluding carboxylic acids is 1. The minimum absolute atomic E-state index is 0.290. The molecule has 0 unspecified atom stereocenters. The van der Waals surface area contributed by atoms with Crippen LogP contribution in [0.5, 0.6) is 0 Å². The highest BCUT2D eigenvalue weighted by atomic mass is 16.5. The summed E-state index contributed by atoms with van der Waals surface area (Å²) in [6, 6.07) is 13.4.